The maximum absolute atomic E-state index is 13.1. The number of amides is 1. The van der Waals surface area contributed by atoms with Crippen LogP contribution >= 0.6 is 0 Å². The minimum Gasteiger partial charge on any atom is -0.478 e. The third-order valence-corrected chi connectivity index (χ3v) is 6.32. The van der Waals surface area contributed by atoms with Gasteiger partial charge in [0.2, 0.25) is 11.9 Å². The van der Waals surface area contributed by atoms with Crippen LogP contribution in [0.1, 0.15) is 55.5 Å². The molecule has 1 aliphatic heterocycles. The number of carbonyl (C=O) groups excluding carboxylic acids is 1. The van der Waals surface area contributed by atoms with Crippen molar-refractivity contribution in [3.8, 4) is 0 Å². The topological polar surface area (TPSA) is 98.7 Å². The maximum atomic E-state index is 13.1. The summed E-state index contributed by atoms with van der Waals surface area (Å²) >= 11 is 0. The van der Waals surface area contributed by atoms with E-state index in [0.29, 0.717) is 24.2 Å². The van der Waals surface area contributed by atoms with Crippen LogP contribution in [-0.2, 0) is 4.79 Å². The molecule has 2 aromatic rings. The molecule has 164 valence electrons. The standard InChI is InChI=1S/C23H29N5O3/c1-14-11-15(20(29)30)9-10-17(14)25-22-24-12-18-19(26-22)28(16-7-5-6-8-16)13-23(2,3)21(31)27(18)4/h9-12,16H,5-8,13H2,1-4H3,(H,29,30)(H,24,25,26). The summed E-state index contributed by atoms with van der Waals surface area (Å²) in [6, 6.07) is 5.26. The van der Waals surface area contributed by atoms with Crippen LogP contribution in [0, 0.1) is 12.3 Å². The summed E-state index contributed by atoms with van der Waals surface area (Å²) in [6.07, 6.45) is 6.26. The van der Waals surface area contributed by atoms with Crippen LogP contribution in [0.25, 0.3) is 0 Å². The first-order chi connectivity index (χ1) is 14.7. The molecule has 0 spiro atoms. The Hall–Kier alpha value is -3.16. The first-order valence-corrected chi connectivity index (χ1v) is 10.7. The average molecular weight is 424 g/mol. The Kier molecular flexibility index (Phi) is 5.33. The SMILES string of the molecule is Cc1cc(C(=O)O)ccc1Nc1ncc2c(n1)N(C1CCCC1)CC(C)(C)C(=O)N2C. The number of aromatic nitrogens is 2. The Morgan fingerprint density at radius 3 is 2.61 bits per heavy atom. The molecule has 8 heteroatoms. The maximum Gasteiger partial charge on any atom is 0.335 e. The number of nitrogens with zero attached hydrogens (tertiary/aromatic N) is 4. The van der Waals surface area contributed by atoms with Gasteiger partial charge in [0.15, 0.2) is 5.82 Å². The van der Waals surface area contributed by atoms with Gasteiger partial charge < -0.3 is 20.2 Å². The van der Waals surface area contributed by atoms with Crippen molar-refractivity contribution in [1.82, 2.24) is 9.97 Å². The number of fused-ring (bicyclic) bond motifs is 1. The first-order valence-electron chi connectivity index (χ1n) is 10.7. The summed E-state index contributed by atoms with van der Waals surface area (Å²) in [7, 11) is 1.78. The fourth-order valence-electron chi connectivity index (χ4n) is 4.58. The summed E-state index contributed by atoms with van der Waals surface area (Å²) in [4.78, 5) is 37.5. The summed E-state index contributed by atoms with van der Waals surface area (Å²) in [5, 5.41) is 12.4. The van der Waals surface area contributed by atoms with Crippen LogP contribution in [-0.4, -0.2) is 46.6 Å². The van der Waals surface area contributed by atoms with Gasteiger partial charge in [0, 0.05) is 25.3 Å². The zero-order valence-corrected chi connectivity index (χ0v) is 18.5. The summed E-state index contributed by atoms with van der Waals surface area (Å²) in [6.45, 7) is 6.42. The predicted molar refractivity (Wildman–Crippen MR) is 120 cm³/mol. The zero-order chi connectivity index (χ0) is 22.3. The van der Waals surface area contributed by atoms with Crippen molar-refractivity contribution in [3.63, 3.8) is 0 Å². The van der Waals surface area contributed by atoms with Crippen LogP contribution in [0.15, 0.2) is 24.4 Å². The van der Waals surface area contributed by atoms with Crippen LogP contribution in [0.3, 0.4) is 0 Å². The normalized spacial score (nSPS) is 18.6. The number of hydrogen-bond acceptors (Lipinski definition) is 6. The van der Waals surface area contributed by atoms with Gasteiger partial charge in [-0.05, 0) is 57.4 Å². The van der Waals surface area contributed by atoms with Gasteiger partial charge in [0.1, 0.15) is 5.69 Å². The van der Waals surface area contributed by atoms with Gasteiger partial charge in [-0.15, -0.1) is 0 Å². The van der Waals surface area contributed by atoms with Crippen molar-refractivity contribution < 1.29 is 14.7 Å². The molecule has 1 aliphatic carbocycles. The number of aromatic carboxylic acids is 1. The number of anilines is 4. The van der Waals surface area contributed by atoms with Crippen LogP contribution < -0.4 is 15.1 Å². The Labute approximate surface area is 182 Å². The number of nitrogens with one attached hydrogen (secondary N) is 1. The van der Waals surface area contributed by atoms with Gasteiger partial charge in [-0.2, -0.15) is 4.98 Å². The number of rotatable bonds is 4. The molecule has 1 saturated carbocycles. The summed E-state index contributed by atoms with van der Waals surface area (Å²) < 4.78 is 0. The molecule has 2 N–H and O–H groups in total. The minimum absolute atomic E-state index is 0.0543. The lowest BCUT2D eigenvalue weighted by Crippen LogP contribution is -2.45. The van der Waals surface area contributed by atoms with E-state index in [1.165, 1.54) is 12.8 Å². The second kappa shape index (κ2) is 7.83. The number of carbonyl (C=O) groups is 2. The minimum atomic E-state index is -0.960. The van der Waals surface area contributed by atoms with Crippen molar-refractivity contribution >= 4 is 35.0 Å². The van der Waals surface area contributed by atoms with Gasteiger partial charge in [0.05, 0.1) is 17.2 Å². The van der Waals surface area contributed by atoms with Gasteiger partial charge in [-0.3, -0.25) is 4.79 Å². The van der Waals surface area contributed by atoms with Crippen molar-refractivity contribution in [2.24, 2.45) is 5.41 Å². The van der Waals surface area contributed by atoms with Crippen molar-refractivity contribution in [1.29, 1.82) is 0 Å². The number of carboxylic acid groups (broad SMARTS) is 1. The van der Waals surface area contributed by atoms with E-state index < -0.39 is 11.4 Å². The summed E-state index contributed by atoms with van der Waals surface area (Å²) in [5.41, 5.74) is 1.96. The summed E-state index contributed by atoms with van der Waals surface area (Å²) in [5.74, 6) is 0.288. The smallest absolute Gasteiger partial charge is 0.335 e. The van der Waals surface area contributed by atoms with Crippen LogP contribution in [0.4, 0.5) is 23.1 Å². The number of carboxylic acids is 1. The molecule has 0 unspecified atom stereocenters. The van der Waals surface area contributed by atoms with E-state index in [4.69, 9.17) is 4.98 Å². The number of hydrogen-bond donors (Lipinski definition) is 2. The lowest BCUT2D eigenvalue weighted by molar-refractivity contribution is -0.125. The van der Waals surface area contributed by atoms with E-state index in [9.17, 15) is 14.7 Å². The highest BCUT2D eigenvalue weighted by molar-refractivity contribution is 6.00. The number of benzene rings is 1. The Bertz CT molecular complexity index is 1030. The molecular weight excluding hydrogens is 394 g/mol. The largest absolute Gasteiger partial charge is 0.478 e. The fourth-order valence-corrected chi connectivity index (χ4v) is 4.58. The third kappa shape index (κ3) is 3.94. The van der Waals surface area contributed by atoms with Gasteiger partial charge in [0.25, 0.3) is 0 Å². The van der Waals surface area contributed by atoms with E-state index in [0.717, 1.165) is 29.9 Å². The van der Waals surface area contributed by atoms with E-state index in [2.05, 4.69) is 15.2 Å². The van der Waals surface area contributed by atoms with Crippen molar-refractivity contribution in [2.75, 3.05) is 28.7 Å². The third-order valence-electron chi connectivity index (χ3n) is 6.32. The highest BCUT2D eigenvalue weighted by Crippen LogP contribution is 2.40. The molecule has 0 atom stereocenters. The molecule has 0 radical (unpaired) electrons. The zero-order valence-electron chi connectivity index (χ0n) is 18.5. The molecule has 1 fully saturated rings. The fraction of sp³-hybridized carbons (Fsp3) is 0.478. The Morgan fingerprint density at radius 2 is 1.97 bits per heavy atom. The highest BCUT2D eigenvalue weighted by atomic mass is 16.4. The molecule has 0 saturated heterocycles. The van der Waals surface area contributed by atoms with Gasteiger partial charge in [-0.1, -0.05) is 12.8 Å². The second-order valence-corrected chi connectivity index (χ2v) is 9.18. The molecule has 1 amide bonds. The monoisotopic (exact) mass is 423 g/mol. The molecule has 2 aliphatic rings. The molecule has 1 aromatic carbocycles. The van der Waals surface area contributed by atoms with Crippen molar-refractivity contribution in [2.45, 2.75) is 52.5 Å². The molecule has 8 nitrogen and oxygen atoms in total. The first kappa shape index (κ1) is 21.1. The lowest BCUT2D eigenvalue weighted by Gasteiger charge is -2.34. The molecule has 0 bridgehead atoms. The van der Waals surface area contributed by atoms with E-state index >= 15 is 0 Å². The second-order valence-electron chi connectivity index (χ2n) is 9.18. The average Bonchev–Trinajstić information content (AvgIpc) is 3.24. The molecule has 31 heavy (non-hydrogen) atoms. The van der Waals surface area contributed by atoms with E-state index in [-0.39, 0.29) is 11.5 Å². The molecule has 2 heterocycles. The number of aryl methyl sites for hydroxylation is 1. The predicted octanol–water partition coefficient (Wildman–Crippen LogP) is 3.98. The quantitative estimate of drug-likeness (QED) is 0.767. The Morgan fingerprint density at radius 1 is 1.26 bits per heavy atom. The van der Waals surface area contributed by atoms with E-state index in [1.54, 1.807) is 36.3 Å². The van der Waals surface area contributed by atoms with Crippen LogP contribution in [0.5, 0.6) is 0 Å². The van der Waals surface area contributed by atoms with Crippen LogP contribution in [0.2, 0.25) is 0 Å². The van der Waals surface area contributed by atoms with Gasteiger partial charge in [-0.25, -0.2) is 9.78 Å². The van der Waals surface area contributed by atoms with Crippen molar-refractivity contribution in [3.05, 3.63) is 35.5 Å². The molecular formula is C23H29N5O3. The van der Waals surface area contributed by atoms with Gasteiger partial charge >= 0.3 is 5.97 Å². The molecule has 4 rings (SSSR count). The highest BCUT2D eigenvalue weighted by Gasteiger charge is 2.41. The Balaban J connectivity index is 1.73. The molecule has 1 aromatic heterocycles. The lowest BCUT2D eigenvalue weighted by atomic mass is 9.91. The van der Waals surface area contributed by atoms with E-state index in [1.807, 2.05) is 20.8 Å².